The molecule has 1 aromatic heterocycles. The maximum absolute atomic E-state index is 12.3. The average molecular weight is 424 g/mol. The first-order valence-electron chi connectivity index (χ1n) is 8.49. The Bertz CT molecular complexity index is 1050. The number of nitrogen functional groups attached to an aromatic ring is 1. The van der Waals surface area contributed by atoms with Gasteiger partial charge in [0, 0.05) is 12.1 Å². The Labute approximate surface area is 164 Å². The molecule has 7 heteroatoms. The molecule has 5 N–H and O–H groups in total. The zero-order valence-electron chi connectivity index (χ0n) is 14.4. The van der Waals surface area contributed by atoms with E-state index in [0.29, 0.717) is 17.9 Å². The SMILES string of the molecule is Nc1n[nH]c2cccc(-c3ccc(NC(=O)NC4(Br)C=CC=CC4)cc3)c12. The number of carbonyl (C=O) groups excluding carboxylic acids is 1. The second-order valence-electron chi connectivity index (χ2n) is 6.35. The van der Waals surface area contributed by atoms with Crippen LogP contribution < -0.4 is 16.4 Å². The van der Waals surface area contributed by atoms with Crippen molar-refractivity contribution in [1.82, 2.24) is 15.5 Å². The summed E-state index contributed by atoms with van der Waals surface area (Å²) in [5, 5.41) is 13.7. The lowest BCUT2D eigenvalue weighted by Crippen LogP contribution is -2.44. The molecule has 136 valence electrons. The van der Waals surface area contributed by atoms with Gasteiger partial charge in [0.2, 0.25) is 0 Å². The predicted octanol–water partition coefficient (Wildman–Crippen LogP) is 4.54. The molecule has 1 aliphatic rings. The van der Waals surface area contributed by atoms with E-state index >= 15 is 0 Å². The van der Waals surface area contributed by atoms with Gasteiger partial charge in [-0.2, -0.15) is 5.10 Å². The van der Waals surface area contributed by atoms with Crippen LogP contribution in [0.1, 0.15) is 6.42 Å². The molecule has 0 fully saturated rings. The number of allylic oxidation sites excluding steroid dienone is 2. The van der Waals surface area contributed by atoms with Crippen LogP contribution in [-0.4, -0.2) is 20.7 Å². The van der Waals surface area contributed by atoms with Crippen molar-refractivity contribution in [3.63, 3.8) is 0 Å². The number of rotatable bonds is 3. The molecule has 27 heavy (non-hydrogen) atoms. The van der Waals surface area contributed by atoms with Crippen molar-refractivity contribution in [2.24, 2.45) is 0 Å². The van der Waals surface area contributed by atoms with Gasteiger partial charge in [-0.1, -0.05) is 58.4 Å². The molecule has 0 spiro atoms. The Morgan fingerprint density at radius 1 is 1.19 bits per heavy atom. The van der Waals surface area contributed by atoms with Gasteiger partial charge in [0.15, 0.2) is 5.82 Å². The molecule has 0 aliphatic heterocycles. The third kappa shape index (κ3) is 3.59. The van der Waals surface area contributed by atoms with Gasteiger partial charge in [-0.25, -0.2) is 4.79 Å². The minimum absolute atomic E-state index is 0.277. The third-order valence-corrected chi connectivity index (χ3v) is 5.20. The van der Waals surface area contributed by atoms with Crippen LogP contribution in [0.15, 0.2) is 66.8 Å². The van der Waals surface area contributed by atoms with Gasteiger partial charge in [0.25, 0.3) is 0 Å². The van der Waals surface area contributed by atoms with Gasteiger partial charge in [-0.05, 0) is 35.4 Å². The highest BCUT2D eigenvalue weighted by Crippen LogP contribution is 2.32. The quantitative estimate of drug-likeness (QED) is 0.367. The minimum atomic E-state index is -0.555. The number of aromatic amines is 1. The first-order valence-corrected chi connectivity index (χ1v) is 9.29. The van der Waals surface area contributed by atoms with E-state index in [1.807, 2.05) is 66.8 Å². The first-order chi connectivity index (χ1) is 13.0. The van der Waals surface area contributed by atoms with Crippen LogP contribution in [0.4, 0.5) is 16.3 Å². The number of aromatic nitrogens is 2. The first kappa shape index (κ1) is 17.4. The fourth-order valence-corrected chi connectivity index (χ4v) is 3.63. The van der Waals surface area contributed by atoms with Crippen LogP contribution in [-0.2, 0) is 0 Å². The number of nitrogens with one attached hydrogen (secondary N) is 3. The maximum Gasteiger partial charge on any atom is 0.320 e. The molecule has 3 aromatic rings. The lowest BCUT2D eigenvalue weighted by molar-refractivity contribution is 0.249. The fraction of sp³-hybridized carbons (Fsp3) is 0.100. The summed E-state index contributed by atoms with van der Waals surface area (Å²) >= 11 is 3.55. The molecule has 6 nitrogen and oxygen atoms in total. The molecule has 1 atom stereocenters. The lowest BCUT2D eigenvalue weighted by atomic mass is 10.0. The molecular weight excluding hydrogens is 406 g/mol. The zero-order chi connectivity index (χ0) is 18.9. The zero-order valence-corrected chi connectivity index (χ0v) is 16.0. The molecule has 0 bridgehead atoms. The fourth-order valence-electron chi connectivity index (χ4n) is 3.11. The van der Waals surface area contributed by atoms with Gasteiger partial charge in [0.05, 0.1) is 10.9 Å². The number of hydrogen-bond donors (Lipinski definition) is 4. The summed E-state index contributed by atoms with van der Waals surface area (Å²) in [5.41, 5.74) is 9.58. The van der Waals surface area contributed by atoms with Crippen molar-refractivity contribution in [3.05, 3.63) is 66.8 Å². The molecular formula is C20H18BrN5O. The van der Waals surface area contributed by atoms with Crippen molar-refractivity contribution >= 4 is 44.4 Å². The van der Waals surface area contributed by atoms with Crippen molar-refractivity contribution < 1.29 is 4.79 Å². The van der Waals surface area contributed by atoms with Gasteiger partial charge in [-0.15, -0.1) is 0 Å². The summed E-state index contributed by atoms with van der Waals surface area (Å²) in [4.78, 5) is 12.3. The maximum atomic E-state index is 12.3. The predicted molar refractivity (Wildman–Crippen MR) is 113 cm³/mol. The summed E-state index contributed by atoms with van der Waals surface area (Å²) in [5.74, 6) is 0.472. The molecule has 0 saturated carbocycles. The standard InChI is InChI=1S/C20H18BrN5O/c21-20(11-2-1-3-12-20)24-19(27)23-14-9-7-13(8-10-14)15-5-4-6-16-17(15)18(22)26-25-16/h1-11H,12H2,(H3,22,25,26)(H2,23,24,27). The number of carbonyl (C=O) groups is 1. The third-order valence-electron chi connectivity index (χ3n) is 4.42. The highest BCUT2D eigenvalue weighted by atomic mass is 79.9. The number of nitrogens with zero attached hydrogens (tertiary/aromatic N) is 1. The molecule has 1 aliphatic carbocycles. The minimum Gasteiger partial charge on any atom is -0.382 e. The molecule has 1 unspecified atom stereocenters. The molecule has 4 rings (SSSR count). The summed E-state index contributed by atoms with van der Waals surface area (Å²) in [6.07, 6.45) is 8.43. The van der Waals surface area contributed by atoms with Crippen LogP contribution in [0.25, 0.3) is 22.0 Å². The summed E-state index contributed by atoms with van der Waals surface area (Å²) in [6, 6.07) is 13.2. The summed E-state index contributed by atoms with van der Waals surface area (Å²) in [6.45, 7) is 0. The van der Waals surface area contributed by atoms with Crippen LogP contribution in [0, 0.1) is 0 Å². The van der Waals surface area contributed by atoms with E-state index in [-0.39, 0.29) is 6.03 Å². The van der Waals surface area contributed by atoms with E-state index in [1.54, 1.807) is 0 Å². The van der Waals surface area contributed by atoms with Crippen molar-refractivity contribution in [3.8, 4) is 11.1 Å². The van der Waals surface area contributed by atoms with E-state index in [9.17, 15) is 4.79 Å². The smallest absolute Gasteiger partial charge is 0.320 e. The van der Waals surface area contributed by atoms with Gasteiger partial charge >= 0.3 is 6.03 Å². The average Bonchev–Trinajstić information content (AvgIpc) is 3.04. The monoisotopic (exact) mass is 423 g/mol. The molecule has 2 amide bonds. The highest BCUT2D eigenvalue weighted by Gasteiger charge is 2.25. The lowest BCUT2D eigenvalue weighted by Gasteiger charge is -2.25. The van der Waals surface area contributed by atoms with Crippen molar-refractivity contribution in [1.29, 1.82) is 0 Å². The normalized spacial score (nSPS) is 18.6. The molecule has 2 aromatic carbocycles. The van der Waals surface area contributed by atoms with Gasteiger partial charge < -0.3 is 16.4 Å². The Hall–Kier alpha value is -3.06. The number of urea groups is 1. The van der Waals surface area contributed by atoms with Crippen LogP contribution >= 0.6 is 15.9 Å². The van der Waals surface area contributed by atoms with Crippen molar-refractivity contribution in [2.75, 3.05) is 11.1 Å². The molecule has 0 radical (unpaired) electrons. The molecule has 0 saturated heterocycles. The number of anilines is 2. The van der Waals surface area contributed by atoms with Crippen molar-refractivity contribution in [2.45, 2.75) is 10.9 Å². The number of H-pyrrole nitrogens is 1. The number of fused-ring (bicyclic) bond motifs is 1. The second-order valence-corrected chi connectivity index (χ2v) is 7.76. The largest absolute Gasteiger partial charge is 0.382 e. The van der Waals surface area contributed by atoms with Crippen LogP contribution in [0.3, 0.4) is 0 Å². The topological polar surface area (TPSA) is 95.8 Å². The van der Waals surface area contributed by atoms with Crippen LogP contribution in [0.5, 0.6) is 0 Å². The summed E-state index contributed by atoms with van der Waals surface area (Å²) in [7, 11) is 0. The molecule has 1 heterocycles. The number of nitrogens with two attached hydrogens (primary N) is 1. The Kier molecular flexibility index (Phi) is 4.45. The Balaban J connectivity index is 1.51. The number of amides is 2. The van der Waals surface area contributed by atoms with E-state index in [4.69, 9.17) is 5.73 Å². The van der Waals surface area contributed by atoms with Gasteiger partial charge in [0.1, 0.15) is 4.45 Å². The van der Waals surface area contributed by atoms with Crippen LogP contribution in [0.2, 0.25) is 0 Å². The second kappa shape index (κ2) is 6.92. The Morgan fingerprint density at radius 2 is 2.00 bits per heavy atom. The van der Waals surface area contributed by atoms with E-state index in [0.717, 1.165) is 22.0 Å². The number of hydrogen-bond acceptors (Lipinski definition) is 3. The number of halogens is 1. The number of alkyl halides is 1. The number of benzene rings is 2. The Morgan fingerprint density at radius 3 is 2.74 bits per heavy atom. The van der Waals surface area contributed by atoms with E-state index < -0.39 is 4.45 Å². The van der Waals surface area contributed by atoms with E-state index in [1.165, 1.54) is 0 Å². The highest BCUT2D eigenvalue weighted by molar-refractivity contribution is 9.10. The summed E-state index contributed by atoms with van der Waals surface area (Å²) < 4.78 is -0.555. The van der Waals surface area contributed by atoms with E-state index in [2.05, 4.69) is 36.8 Å². The van der Waals surface area contributed by atoms with Gasteiger partial charge in [-0.3, -0.25) is 5.10 Å².